The van der Waals surface area contributed by atoms with Gasteiger partial charge >= 0.3 is 0 Å². The minimum atomic E-state index is 0.327. The van der Waals surface area contributed by atoms with E-state index in [2.05, 4.69) is 47.3 Å². The molecule has 0 aliphatic carbocycles. The summed E-state index contributed by atoms with van der Waals surface area (Å²) in [5.74, 6) is 0.944. The second-order valence-corrected chi connectivity index (χ2v) is 5.35. The van der Waals surface area contributed by atoms with Crippen molar-refractivity contribution in [2.24, 2.45) is 0 Å². The Morgan fingerprint density at radius 1 is 1.41 bits per heavy atom. The lowest BCUT2D eigenvalue weighted by atomic mass is 10.3. The van der Waals surface area contributed by atoms with E-state index in [4.69, 9.17) is 0 Å². The van der Waals surface area contributed by atoms with Crippen molar-refractivity contribution in [3.63, 3.8) is 0 Å². The predicted octanol–water partition coefficient (Wildman–Crippen LogP) is 3.38. The highest BCUT2D eigenvalue weighted by Crippen LogP contribution is 2.28. The lowest BCUT2D eigenvalue weighted by Gasteiger charge is -2.03. The smallest absolute Gasteiger partial charge is 0.177 e. The molecule has 0 amide bonds. The zero-order chi connectivity index (χ0) is 12.0. The van der Waals surface area contributed by atoms with Gasteiger partial charge in [0.05, 0.1) is 11.1 Å². The van der Waals surface area contributed by atoms with Gasteiger partial charge in [-0.05, 0) is 37.8 Å². The van der Waals surface area contributed by atoms with Gasteiger partial charge in [-0.3, -0.25) is 0 Å². The highest BCUT2D eigenvalue weighted by molar-refractivity contribution is 7.13. The molecule has 17 heavy (non-hydrogen) atoms. The molecule has 1 N–H and O–H groups in total. The molecular formula is C12H14N4S. The number of rotatable bonds is 2. The van der Waals surface area contributed by atoms with Crippen LogP contribution in [0, 0.1) is 6.92 Å². The average Bonchev–Trinajstić information content (AvgIpc) is 2.89. The molecule has 0 radical (unpaired) electrons. The quantitative estimate of drug-likeness (QED) is 0.753. The minimum Gasteiger partial charge on any atom is -0.335 e. The van der Waals surface area contributed by atoms with Crippen molar-refractivity contribution in [3.05, 3.63) is 23.2 Å². The summed E-state index contributed by atoms with van der Waals surface area (Å²) >= 11 is 1.71. The Kier molecular flexibility index (Phi) is 2.29. The van der Waals surface area contributed by atoms with E-state index in [1.165, 1.54) is 10.4 Å². The molecule has 88 valence electrons. The molecule has 0 saturated heterocycles. The maximum atomic E-state index is 4.65. The summed E-state index contributed by atoms with van der Waals surface area (Å²) in [6, 6.07) is 2.44. The first-order valence-electron chi connectivity index (χ1n) is 5.64. The summed E-state index contributed by atoms with van der Waals surface area (Å²) in [6.07, 6.45) is 1.84. The molecule has 0 fully saturated rings. The number of hydrogen-bond donors (Lipinski definition) is 1. The zero-order valence-corrected chi connectivity index (χ0v) is 10.9. The molecule has 0 aliphatic rings. The lowest BCUT2D eigenvalue weighted by molar-refractivity contribution is 0.547. The fourth-order valence-electron chi connectivity index (χ4n) is 1.92. The molecule has 4 nitrogen and oxygen atoms in total. The molecule has 0 unspecified atom stereocenters. The predicted molar refractivity (Wildman–Crippen MR) is 70.3 cm³/mol. The van der Waals surface area contributed by atoms with E-state index in [1.54, 1.807) is 11.3 Å². The Morgan fingerprint density at radius 3 is 2.88 bits per heavy atom. The van der Waals surface area contributed by atoms with Gasteiger partial charge in [0.2, 0.25) is 0 Å². The highest BCUT2D eigenvalue weighted by atomic mass is 32.1. The maximum Gasteiger partial charge on any atom is 0.177 e. The first-order valence-corrected chi connectivity index (χ1v) is 6.52. The third-order valence-corrected chi connectivity index (χ3v) is 3.83. The maximum absolute atomic E-state index is 4.65. The summed E-state index contributed by atoms with van der Waals surface area (Å²) in [5, 5.41) is 6.42. The molecule has 0 atom stereocenters. The van der Waals surface area contributed by atoms with Crippen molar-refractivity contribution in [2.45, 2.75) is 26.8 Å². The number of fused-ring (bicyclic) bond motifs is 1. The van der Waals surface area contributed by atoms with Crippen LogP contribution in [0.2, 0.25) is 0 Å². The van der Waals surface area contributed by atoms with Crippen LogP contribution in [0.1, 0.15) is 25.5 Å². The SMILES string of the molecule is Cc1ccsc1-c1nc2c(cnn2C(C)C)[nH]1. The Labute approximate surface area is 103 Å². The van der Waals surface area contributed by atoms with Gasteiger partial charge in [-0.25, -0.2) is 9.67 Å². The van der Waals surface area contributed by atoms with Crippen LogP contribution in [0.4, 0.5) is 0 Å². The van der Waals surface area contributed by atoms with Crippen molar-refractivity contribution >= 4 is 22.5 Å². The van der Waals surface area contributed by atoms with Crippen LogP contribution in [0.5, 0.6) is 0 Å². The molecule has 3 heterocycles. The first-order chi connectivity index (χ1) is 8.16. The number of aromatic nitrogens is 4. The lowest BCUT2D eigenvalue weighted by Crippen LogP contribution is -2.02. The van der Waals surface area contributed by atoms with E-state index in [0.29, 0.717) is 6.04 Å². The van der Waals surface area contributed by atoms with Crippen molar-refractivity contribution in [2.75, 3.05) is 0 Å². The molecule has 3 aromatic heterocycles. The van der Waals surface area contributed by atoms with Gasteiger partial charge in [0.15, 0.2) is 11.5 Å². The summed E-state index contributed by atoms with van der Waals surface area (Å²) < 4.78 is 1.94. The molecule has 0 saturated carbocycles. The molecule has 0 bridgehead atoms. The van der Waals surface area contributed by atoms with Crippen LogP contribution in [-0.4, -0.2) is 19.7 Å². The van der Waals surface area contributed by atoms with Gasteiger partial charge < -0.3 is 4.98 Å². The van der Waals surface area contributed by atoms with Crippen LogP contribution in [0.15, 0.2) is 17.6 Å². The number of H-pyrrole nitrogens is 1. The molecule has 0 spiro atoms. The number of nitrogens with one attached hydrogen (secondary N) is 1. The van der Waals surface area contributed by atoms with Crippen LogP contribution in [0.3, 0.4) is 0 Å². The first kappa shape index (κ1) is 10.5. The van der Waals surface area contributed by atoms with Gasteiger partial charge in [0, 0.05) is 6.04 Å². The minimum absolute atomic E-state index is 0.327. The van der Waals surface area contributed by atoms with Gasteiger partial charge in [-0.15, -0.1) is 11.3 Å². The third-order valence-electron chi connectivity index (χ3n) is 2.81. The van der Waals surface area contributed by atoms with Crippen molar-refractivity contribution in [3.8, 4) is 10.7 Å². The van der Waals surface area contributed by atoms with Crippen LogP contribution < -0.4 is 0 Å². The van der Waals surface area contributed by atoms with Crippen molar-refractivity contribution in [1.82, 2.24) is 19.7 Å². The number of imidazole rings is 1. The summed E-state index contributed by atoms with van der Waals surface area (Å²) in [4.78, 5) is 9.19. The number of aryl methyl sites for hydroxylation is 1. The fourth-order valence-corrected chi connectivity index (χ4v) is 2.79. The Morgan fingerprint density at radius 2 is 2.24 bits per heavy atom. The number of aromatic amines is 1. The van der Waals surface area contributed by atoms with Crippen molar-refractivity contribution < 1.29 is 0 Å². The average molecular weight is 246 g/mol. The molecule has 0 aliphatic heterocycles. The molecule has 3 rings (SSSR count). The molecular weight excluding hydrogens is 232 g/mol. The van der Waals surface area contributed by atoms with Gasteiger partial charge in [-0.2, -0.15) is 5.10 Å². The number of nitrogens with zero attached hydrogens (tertiary/aromatic N) is 3. The van der Waals surface area contributed by atoms with Crippen molar-refractivity contribution in [1.29, 1.82) is 0 Å². The zero-order valence-electron chi connectivity index (χ0n) is 10.1. The second kappa shape index (κ2) is 3.70. The largest absolute Gasteiger partial charge is 0.335 e. The topological polar surface area (TPSA) is 46.5 Å². The number of thiophene rings is 1. The Bertz CT molecular complexity index is 659. The fraction of sp³-hybridized carbons (Fsp3) is 0.333. The second-order valence-electron chi connectivity index (χ2n) is 4.44. The highest BCUT2D eigenvalue weighted by Gasteiger charge is 2.13. The summed E-state index contributed by atoms with van der Waals surface area (Å²) in [6.45, 7) is 6.32. The number of hydrogen-bond acceptors (Lipinski definition) is 3. The molecule has 0 aromatic carbocycles. The van der Waals surface area contributed by atoms with Gasteiger partial charge in [0.1, 0.15) is 5.52 Å². The van der Waals surface area contributed by atoms with Gasteiger partial charge in [0.25, 0.3) is 0 Å². The van der Waals surface area contributed by atoms with Gasteiger partial charge in [-0.1, -0.05) is 0 Å². The Hall–Kier alpha value is -1.62. The Balaban J connectivity index is 2.18. The van der Waals surface area contributed by atoms with E-state index in [0.717, 1.165) is 17.0 Å². The van der Waals surface area contributed by atoms with E-state index in [-0.39, 0.29) is 0 Å². The van der Waals surface area contributed by atoms with Crippen LogP contribution >= 0.6 is 11.3 Å². The summed E-state index contributed by atoms with van der Waals surface area (Å²) in [5.41, 5.74) is 3.19. The van der Waals surface area contributed by atoms with E-state index in [1.807, 2.05) is 10.9 Å². The molecule has 3 aromatic rings. The van der Waals surface area contributed by atoms with Crippen LogP contribution in [0.25, 0.3) is 21.9 Å². The van der Waals surface area contributed by atoms with E-state index >= 15 is 0 Å². The van der Waals surface area contributed by atoms with E-state index < -0.39 is 0 Å². The monoisotopic (exact) mass is 246 g/mol. The summed E-state index contributed by atoms with van der Waals surface area (Å²) in [7, 11) is 0. The van der Waals surface area contributed by atoms with Crippen LogP contribution in [-0.2, 0) is 0 Å². The normalized spacial score (nSPS) is 11.8. The molecule has 5 heteroatoms. The third kappa shape index (κ3) is 1.58. The van der Waals surface area contributed by atoms with E-state index in [9.17, 15) is 0 Å². The standard InChI is InChI=1S/C12H14N4S/c1-7(2)16-12-9(6-13-16)14-11(15-12)10-8(3)4-5-17-10/h4-7H,1-3H3,(H,14,15).